The van der Waals surface area contributed by atoms with Crippen LogP contribution in [0.5, 0.6) is 5.75 Å². The van der Waals surface area contributed by atoms with Gasteiger partial charge in [0.05, 0.1) is 13.0 Å². The number of carbonyl (C=O) groups excluding carboxylic acids is 2. The molecule has 2 atom stereocenters. The Morgan fingerprint density at radius 2 is 1.69 bits per heavy atom. The quantitative estimate of drug-likeness (QED) is 0.320. The first kappa shape index (κ1) is 26.0. The molecule has 0 saturated carbocycles. The maximum atomic E-state index is 14.1. The smallest absolute Gasteiger partial charge is 0.330 e. The number of aryl methyl sites for hydroxylation is 1. The summed E-state index contributed by atoms with van der Waals surface area (Å²) >= 11 is 0. The highest BCUT2D eigenvalue weighted by atomic mass is 16.6. The zero-order valence-electron chi connectivity index (χ0n) is 21.5. The minimum atomic E-state index is -0.992. The summed E-state index contributed by atoms with van der Waals surface area (Å²) in [6.45, 7) is 11.3. The van der Waals surface area contributed by atoms with Crippen LogP contribution >= 0.6 is 0 Å². The first-order valence-electron chi connectivity index (χ1n) is 11.8. The van der Waals surface area contributed by atoms with Gasteiger partial charge in [0, 0.05) is 24.1 Å². The lowest BCUT2D eigenvalue weighted by molar-refractivity contribution is -0.156. The van der Waals surface area contributed by atoms with Crippen LogP contribution in [0.15, 0.2) is 60.9 Å². The maximum absolute atomic E-state index is 14.1. The molecule has 0 spiro atoms. The van der Waals surface area contributed by atoms with E-state index in [-0.39, 0.29) is 11.8 Å². The van der Waals surface area contributed by atoms with Gasteiger partial charge in [-0.1, -0.05) is 24.3 Å². The van der Waals surface area contributed by atoms with Gasteiger partial charge in [-0.25, -0.2) is 9.78 Å². The van der Waals surface area contributed by atoms with Gasteiger partial charge in [0.1, 0.15) is 17.4 Å². The Morgan fingerprint density at radius 3 is 2.26 bits per heavy atom. The number of anilines is 1. The first-order chi connectivity index (χ1) is 16.5. The number of methoxy groups -OCH3 is 1. The van der Waals surface area contributed by atoms with Crippen LogP contribution in [0.25, 0.3) is 0 Å². The standard InChI is InChI=1S/C28H35N3O4/c1-18(2)31-17-16-29-26(31)25(32)23(22-11-9-8-10-19(22)3)24(27(33)35-28(4,5)6)30-20-12-14-21(34-7)15-13-20/h8-18,23-24,30H,1-7H3/t23-,24-/m0/s1. The van der Waals surface area contributed by atoms with Crippen LogP contribution in [0, 0.1) is 6.92 Å². The molecule has 0 radical (unpaired) electrons. The van der Waals surface area contributed by atoms with Crippen molar-refractivity contribution in [1.82, 2.24) is 9.55 Å². The fourth-order valence-corrected chi connectivity index (χ4v) is 3.98. The van der Waals surface area contributed by atoms with E-state index in [1.807, 2.05) is 82.5 Å². The third-order valence-electron chi connectivity index (χ3n) is 5.66. The van der Waals surface area contributed by atoms with Gasteiger partial charge in [-0.2, -0.15) is 0 Å². The minimum absolute atomic E-state index is 0.0310. The van der Waals surface area contributed by atoms with Gasteiger partial charge in [-0.05, 0) is 76.9 Å². The maximum Gasteiger partial charge on any atom is 0.330 e. The molecule has 7 heteroatoms. The van der Waals surface area contributed by atoms with Gasteiger partial charge in [0.25, 0.3) is 0 Å². The van der Waals surface area contributed by atoms with Crippen LogP contribution in [0.3, 0.4) is 0 Å². The van der Waals surface area contributed by atoms with E-state index >= 15 is 0 Å². The van der Waals surface area contributed by atoms with E-state index in [4.69, 9.17) is 9.47 Å². The number of hydrogen-bond donors (Lipinski definition) is 1. The molecule has 3 aromatic rings. The highest BCUT2D eigenvalue weighted by molar-refractivity contribution is 6.03. The number of ether oxygens (including phenoxy) is 2. The number of hydrogen-bond acceptors (Lipinski definition) is 6. The van der Waals surface area contributed by atoms with Gasteiger partial charge in [-0.3, -0.25) is 4.79 Å². The number of Topliss-reactive ketones (excluding diaryl/α,β-unsaturated/α-hetero) is 1. The molecule has 35 heavy (non-hydrogen) atoms. The number of ketones is 1. The first-order valence-corrected chi connectivity index (χ1v) is 11.8. The number of benzene rings is 2. The van der Waals surface area contributed by atoms with Crippen LogP contribution in [0.1, 0.15) is 68.3 Å². The zero-order chi connectivity index (χ0) is 25.8. The van der Waals surface area contributed by atoms with Gasteiger partial charge >= 0.3 is 5.97 Å². The molecule has 0 bridgehead atoms. The zero-order valence-corrected chi connectivity index (χ0v) is 21.5. The van der Waals surface area contributed by atoms with Crippen LogP contribution in [-0.4, -0.2) is 40.1 Å². The van der Waals surface area contributed by atoms with Crippen molar-refractivity contribution in [2.45, 2.75) is 65.1 Å². The van der Waals surface area contributed by atoms with Crippen LogP contribution in [0.4, 0.5) is 5.69 Å². The predicted octanol–water partition coefficient (Wildman–Crippen LogP) is 5.57. The van der Waals surface area contributed by atoms with Crippen LogP contribution < -0.4 is 10.1 Å². The fourth-order valence-electron chi connectivity index (χ4n) is 3.98. The Labute approximate surface area is 207 Å². The number of rotatable bonds is 9. The molecule has 0 unspecified atom stereocenters. The second kappa shape index (κ2) is 10.8. The Kier molecular flexibility index (Phi) is 7.99. The van der Waals surface area contributed by atoms with Crippen molar-refractivity contribution < 1.29 is 19.1 Å². The average molecular weight is 478 g/mol. The Bertz CT molecular complexity index is 1160. The number of imidazole rings is 1. The summed E-state index contributed by atoms with van der Waals surface area (Å²) in [7, 11) is 1.59. The summed E-state index contributed by atoms with van der Waals surface area (Å²) in [5.74, 6) is -0.645. The third kappa shape index (κ3) is 6.29. The van der Waals surface area contributed by atoms with Crippen LogP contribution in [-0.2, 0) is 9.53 Å². The third-order valence-corrected chi connectivity index (χ3v) is 5.66. The summed E-state index contributed by atoms with van der Waals surface area (Å²) in [6.07, 6.45) is 3.40. The van der Waals surface area contributed by atoms with Crippen molar-refractivity contribution in [3.05, 3.63) is 77.9 Å². The molecule has 0 saturated heterocycles. The lowest BCUT2D eigenvalue weighted by atomic mass is 9.84. The predicted molar refractivity (Wildman–Crippen MR) is 137 cm³/mol. The molecule has 1 N–H and O–H groups in total. The molecule has 0 aliphatic heterocycles. The van der Waals surface area contributed by atoms with E-state index in [1.54, 1.807) is 31.6 Å². The topological polar surface area (TPSA) is 82.4 Å². The van der Waals surface area contributed by atoms with E-state index in [9.17, 15) is 9.59 Å². The van der Waals surface area contributed by atoms with Crippen molar-refractivity contribution >= 4 is 17.4 Å². The van der Waals surface area contributed by atoms with Crippen molar-refractivity contribution in [2.75, 3.05) is 12.4 Å². The molecule has 1 aromatic heterocycles. The van der Waals surface area contributed by atoms with Crippen LogP contribution in [0.2, 0.25) is 0 Å². The number of nitrogens with zero attached hydrogens (tertiary/aromatic N) is 2. The second-order valence-electron chi connectivity index (χ2n) is 9.83. The van der Waals surface area contributed by atoms with E-state index in [1.165, 1.54) is 0 Å². The largest absolute Gasteiger partial charge is 0.497 e. The van der Waals surface area contributed by atoms with E-state index < -0.39 is 23.5 Å². The Balaban J connectivity index is 2.15. The lowest BCUT2D eigenvalue weighted by Crippen LogP contribution is -2.44. The Hall–Kier alpha value is -3.61. The molecule has 1 heterocycles. The number of esters is 1. The second-order valence-corrected chi connectivity index (χ2v) is 9.83. The number of carbonyl (C=O) groups is 2. The highest BCUT2D eigenvalue weighted by Crippen LogP contribution is 2.31. The molecule has 0 aliphatic carbocycles. The summed E-state index contributed by atoms with van der Waals surface area (Å²) in [6, 6.07) is 13.9. The molecule has 0 fully saturated rings. The SMILES string of the molecule is COc1ccc(N[C@H](C(=O)OC(C)(C)C)[C@@H](C(=O)c2nccn2C(C)C)c2ccccc2C)cc1. The molecule has 3 rings (SSSR count). The van der Waals surface area contributed by atoms with Gasteiger partial charge in [0.2, 0.25) is 5.78 Å². The number of aromatic nitrogens is 2. The molecule has 0 aliphatic rings. The van der Waals surface area contributed by atoms with Crippen molar-refractivity contribution in [1.29, 1.82) is 0 Å². The summed E-state index contributed by atoms with van der Waals surface area (Å²) in [5.41, 5.74) is 1.58. The van der Waals surface area contributed by atoms with E-state index in [0.29, 0.717) is 17.3 Å². The summed E-state index contributed by atoms with van der Waals surface area (Å²) in [5, 5.41) is 3.28. The number of nitrogens with one attached hydrogen (secondary N) is 1. The monoisotopic (exact) mass is 477 g/mol. The molecule has 0 amide bonds. The Morgan fingerprint density at radius 1 is 1.03 bits per heavy atom. The highest BCUT2D eigenvalue weighted by Gasteiger charge is 2.40. The van der Waals surface area contributed by atoms with Gasteiger partial charge < -0.3 is 19.4 Å². The lowest BCUT2D eigenvalue weighted by Gasteiger charge is -2.31. The summed E-state index contributed by atoms with van der Waals surface area (Å²) in [4.78, 5) is 32.1. The fraction of sp³-hybridized carbons (Fsp3) is 0.393. The molecular formula is C28H35N3O4. The minimum Gasteiger partial charge on any atom is -0.497 e. The average Bonchev–Trinajstić information content (AvgIpc) is 3.29. The molecular weight excluding hydrogens is 442 g/mol. The van der Waals surface area contributed by atoms with E-state index in [2.05, 4.69) is 10.3 Å². The van der Waals surface area contributed by atoms with Crippen molar-refractivity contribution in [2.24, 2.45) is 0 Å². The molecule has 186 valence electrons. The van der Waals surface area contributed by atoms with Crippen molar-refractivity contribution in [3.63, 3.8) is 0 Å². The molecule has 7 nitrogen and oxygen atoms in total. The van der Waals surface area contributed by atoms with Gasteiger partial charge in [0.15, 0.2) is 5.82 Å². The summed E-state index contributed by atoms with van der Waals surface area (Å²) < 4.78 is 12.9. The molecule has 2 aromatic carbocycles. The van der Waals surface area contributed by atoms with E-state index in [0.717, 1.165) is 11.1 Å². The van der Waals surface area contributed by atoms with Crippen molar-refractivity contribution in [3.8, 4) is 5.75 Å². The normalized spacial score (nSPS) is 13.3. The van der Waals surface area contributed by atoms with Gasteiger partial charge in [-0.15, -0.1) is 0 Å².